The van der Waals surface area contributed by atoms with E-state index in [0.717, 1.165) is 29.3 Å². The molecule has 1 aromatic carbocycles. The molecule has 0 aliphatic heterocycles. The van der Waals surface area contributed by atoms with Crippen molar-refractivity contribution in [1.82, 2.24) is 4.98 Å². The lowest BCUT2D eigenvalue weighted by Crippen LogP contribution is -1.99. The monoisotopic (exact) mass is 243 g/mol. The van der Waals surface area contributed by atoms with Gasteiger partial charge in [-0.1, -0.05) is 50.8 Å². The molecule has 18 heavy (non-hydrogen) atoms. The standard InChI is InChI=1S/C16H21NO/c1-2-3-4-5-10-16(18)14-11-12-17-15-9-7-6-8-13(14)15/h6-9,11-12,16,18H,2-5,10H2,1H3. The number of aliphatic hydroxyl groups is 1. The van der Waals surface area contributed by atoms with Crippen LogP contribution in [0.25, 0.3) is 10.9 Å². The number of aliphatic hydroxyl groups excluding tert-OH is 1. The Morgan fingerprint density at radius 1 is 1.11 bits per heavy atom. The number of benzene rings is 1. The Morgan fingerprint density at radius 3 is 2.78 bits per heavy atom. The normalized spacial score (nSPS) is 12.8. The first-order valence-corrected chi connectivity index (χ1v) is 6.84. The van der Waals surface area contributed by atoms with Crippen LogP contribution in [0.1, 0.15) is 50.7 Å². The summed E-state index contributed by atoms with van der Waals surface area (Å²) in [6.07, 6.45) is 7.04. The summed E-state index contributed by atoms with van der Waals surface area (Å²) in [7, 11) is 0. The number of hydrogen-bond donors (Lipinski definition) is 1. The van der Waals surface area contributed by atoms with Gasteiger partial charge in [-0.05, 0) is 24.1 Å². The van der Waals surface area contributed by atoms with Crippen molar-refractivity contribution in [3.8, 4) is 0 Å². The Bertz CT molecular complexity index is 490. The zero-order chi connectivity index (χ0) is 12.8. The molecule has 0 fully saturated rings. The van der Waals surface area contributed by atoms with Gasteiger partial charge in [0.2, 0.25) is 0 Å². The molecular weight excluding hydrogens is 222 g/mol. The van der Waals surface area contributed by atoms with Crippen LogP contribution < -0.4 is 0 Å². The summed E-state index contributed by atoms with van der Waals surface area (Å²) in [5, 5.41) is 11.4. The van der Waals surface area contributed by atoms with Crippen molar-refractivity contribution in [2.24, 2.45) is 0 Å². The van der Waals surface area contributed by atoms with Crippen molar-refractivity contribution in [3.63, 3.8) is 0 Å². The molecule has 0 aliphatic rings. The second-order valence-electron chi connectivity index (χ2n) is 4.78. The molecule has 1 N–H and O–H groups in total. The number of unbranched alkanes of at least 4 members (excludes halogenated alkanes) is 3. The highest BCUT2D eigenvalue weighted by Gasteiger charge is 2.10. The molecule has 1 aromatic heterocycles. The molecule has 0 spiro atoms. The number of para-hydroxylation sites is 1. The maximum Gasteiger partial charge on any atom is 0.0797 e. The smallest absolute Gasteiger partial charge is 0.0797 e. The van der Waals surface area contributed by atoms with Gasteiger partial charge < -0.3 is 5.11 Å². The van der Waals surface area contributed by atoms with Crippen LogP contribution >= 0.6 is 0 Å². The Kier molecular flexibility index (Phi) is 4.71. The first-order chi connectivity index (χ1) is 8.83. The van der Waals surface area contributed by atoms with E-state index < -0.39 is 0 Å². The van der Waals surface area contributed by atoms with Gasteiger partial charge in [-0.25, -0.2) is 0 Å². The fourth-order valence-corrected chi connectivity index (χ4v) is 2.33. The molecule has 0 bridgehead atoms. The Balaban J connectivity index is 2.10. The van der Waals surface area contributed by atoms with Gasteiger partial charge in [-0.2, -0.15) is 0 Å². The van der Waals surface area contributed by atoms with Gasteiger partial charge in [0.1, 0.15) is 0 Å². The topological polar surface area (TPSA) is 33.1 Å². The first kappa shape index (κ1) is 13.0. The molecule has 0 saturated carbocycles. The van der Waals surface area contributed by atoms with Crippen LogP contribution in [0.4, 0.5) is 0 Å². The summed E-state index contributed by atoms with van der Waals surface area (Å²) < 4.78 is 0. The lowest BCUT2D eigenvalue weighted by molar-refractivity contribution is 0.165. The Hall–Kier alpha value is -1.41. The minimum atomic E-state index is -0.366. The number of hydrogen-bond acceptors (Lipinski definition) is 2. The number of fused-ring (bicyclic) bond motifs is 1. The van der Waals surface area contributed by atoms with E-state index in [4.69, 9.17) is 0 Å². The van der Waals surface area contributed by atoms with Crippen LogP contribution in [0, 0.1) is 0 Å². The minimum absolute atomic E-state index is 0.366. The zero-order valence-electron chi connectivity index (χ0n) is 11.0. The van der Waals surface area contributed by atoms with E-state index in [-0.39, 0.29) is 6.10 Å². The largest absolute Gasteiger partial charge is 0.388 e. The lowest BCUT2D eigenvalue weighted by Gasteiger charge is -2.13. The van der Waals surface area contributed by atoms with E-state index in [0.29, 0.717) is 0 Å². The average Bonchev–Trinajstić information content (AvgIpc) is 2.43. The maximum absolute atomic E-state index is 10.3. The van der Waals surface area contributed by atoms with Crippen LogP contribution in [0.5, 0.6) is 0 Å². The van der Waals surface area contributed by atoms with Crippen LogP contribution in [-0.2, 0) is 0 Å². The third kappa shape index (κ3) is 3.08. The molecular formula is C16H21NO. The van der Waals surface area contributed by atoms with E-state index in [1.165, 1.54) is 19.3 Å². The molecule has 2 aromatic rings. The van der Waals surface area contributed by atoms with E-state index in [1.54, 1.807) is 6.20 Å². The van der Waals surface area contributed by atoms with Crippen molar-refractivity contribution >= 4 is 10.9 Å². The number of aromatic nitrogens is 1. The molecule has 0 amide bonds. The van der Waals surface area contributed by atoms with Crippen molar-refractivity contribution < 1.29 is 5.11 Å². The predicted molar refractivity (Wildman–Crippen MR) is 75.5 cm³/mol. The molecule has 1 unspecified atom stereocenters. The summed E-state index contributed by atoms with van der Waals surface area (Å²) in [5.74, 6) is 0. The van der Waals surface area contributed by atoms with Crippen molar-refractivity contribution in [1.29, 1.82) is 0 Å². The zero-order valence-corrected chi connectivity index (χ0v) is 11.0. The van der Waals surface area contributed by atoms with Gasteiger partial charge in [0.25, 0.3) is 0 Å². The highest BCUT2D eigenvalue weighted by atomic mass is 16.3. The van der Waals surface area contributed by atoms with Crippen LogP contribution in [0.15, 0.2) is 36.5 Å². The highest BCUT2D eigenvalue weighted by molar-refractivity contribution is 5.82. The molecule has 2 heteroatoms. The van der Waals surface area contributed by atoms with E-state index in [1.807, 2.05) is 30.3 Å². The highest BCUT2D eigenvalue weighted by Crippen LogP contribution is 2.26. The quantitative estimate of drug-likeness (QED) is 0.770. The minimum Gasteiger partial charge on any atom is -0.388 e. The third-order valence-electron chi connectivity index (χ3n) is 3.37. The maximum atomic E-state index is 10.3. The molecule has 0 aliphatic carbocycles. The average molecular weight is 243 g/mol. The van der Waals surface area contributed by atoms with E-state index in [2.05, 4.69) is 11.9 Å². The summed E-state index contributed by atoms with van der Waals surface area (Å²) >= 11 is 0. The van der Waals surface area contributed by atoms with Crippen LogP contribution in [0.3, 0.4) is 0 Å². The van der Waals surface area contributed by atoms with Gasteiger partial charge in [0.15, 0.2) is 0 Å². The van der Waals surface area contributed by atoms with Crippen LogP contribution in [0.2, 0.25) is 0 Å². The number of pyridine rings is 1. The molecule has 1 atom stereocenters. The van der Waals surface area contributed by atoms with E-state index >= 15 is 0 Å². The fourth-order valence-electron chi connectivity index (χ4n) is 2.33. The summed E-state index contributed by atoms with van der Waals surface area (Å²) in [5.41, 5.74) is 1.97. The molecule has 0 radical (unpaired) electrons. The Labute approximate surface area is 109 Å². The van der Waals surface area contributed by atoms with Gasteiger partial charge in [0.05, 0.1) is 11.6 Å². The van der Waals surface area contributed by atoms with E-state index in [9.17, 15) is 5.11 Å². The predicted octanol–water partition coefficient (Wildman–Crippen LogP) is 4.24. The van der Waals surface area contributed by atoms with Gasteiger partial charge in [-0.15, -0.1) is 0 Å². The lowest BCUT2D eigenvalue weighted by atomic mass is 9.99. The number of nitrogens with zero attached hydrogens (tertiary/aromatic N) is 1. The molecule has 96 valence electrons. The van der Waals surface area contributed by atoms with Gasteiger partial charge >= 0.3 is 0 Å². The van der Waals surface area contributed by atoms with Gasteiger partial charge in [0, 0.05) is 11.6 Å². The van der Waals surface area contributed by atoms with Crippen LogP contribution in [-0.4, -0.2) is 10.1 Å². The summed E-state index contributed by atoms with van der Waals surface area (Å²) in [4.78, 5) is 4.32. The SMILES string of the molecule is CCCCCCC(O)c1ccnc2ccccc12. The first-order valence-electron chi connectivity index (χ1n) is 6.84. The summed E-state index contributed by atoms with van der Waals surface area (Å²) in [6, 6.07) is 9.94. The van der Waals surface area contributed by atoms with Crippen molar-refractivity contribution in [3.05, 3.63) is 42.1 Å². The number of rotatable bonds is 6. The molecule has 1 heterocycles. The van der Waals surface area contributed by atoms with Gasteiger partial charge in [-0.3, -0.25) is 4.98 Å². The molecule has 2 rings (SSSR count). The second kappa shape index (κ2) is 6.50. The second-order valence-corrected chi connectivity index (χ2v) is 4.78. The Morgan fingerprint density at radius 2 is 1.94 bits per heavy atom. The molecule has 0 saturated heterocycles. The fraction of sp³-hybridized carbons (Fsp3) is 0.438. The van der Waals surface area contributed by atoms with Crippen molar-refractivity contribution in [2.45, 2.75) is 45.1 Å². The van der Waals surface area contributed by atoms with Crippen molar-refractivity contribution in [2.75, 3.05) is 0 Å². The molecule has 2 nitrogen and oxygen atoms in total. The third-order valence-corrected chi connectivity index (χ3v) is 3.37. The summed E-state index contributed by atoms with van der Waals surface area (Å²) in [6.45, 7) is 2.20.